The highest BCUT2D eigenvalue weighted by Gasteiger charge is 2.40. The van der Waals surface area contributed by atoms with Crippen LogP contribution in [0.5, 0.6) is 0 Å². The minimum absolute atomic E-state index is 0.0535. The molecule has 2 heterocycles. The molecule has 2 saturated heterocycles. The summed E-state index contributed by atoms with van der Waals surface area (Å²) in [5.74, 6) is -2.33. The fraction of sp³-hybridized carbons (Fsp3) is 0.609. The summed E-state index contributed by atoms with van der Waals surface area (Å²) in [5, 5.41) is 0. The number of benzene rings is 1. The second-order valence-corrected chi connectivity index (χ2v) is 8.67. The van der Waals surface area contributed by atoms with E-state index < -0.39 is 40.9 Å². The first-order chi connectivity index (χ1) is 16.3. The lowest BCUT2D eigenvalue weighted by Crippen LogP contribution is -2.47. The summed E-state index contributed by atoms with van der Waals surface area (Å²) in [6, 6.07) is 0.804. The topological polar surface area (TPSA) is 66.9 Å². The van der Waals surface area contributed by atoms with Gasteiger partial charge in [0.15, 0.2) is 0 Å². The third-order valence-corrected chi connectivity index (χ3v) is 6.44. The molecule has 35 heavy (non-hydrogen) atoms. The SMILES string of the molecule is CCOC(=O)C1CCN(C(=O)C2CCN(C(=O)c3cc(C(F)(F)F)ccc3C(F)(F)F)CC2)CC1. The van der Waals surface area contributed by atoms with Crippen LogP contribution >= 0.6 is 0 Å². The van der Waals surface area contributed by atoms with Gasteiger partial charge in [-0.2, -0.15) is 26.3 Å². The Morgan fingerprint density at radius 1 is 0.857 bits per heavy atom. The van der Waals surface area contributed by atoms with E-state index in [2.05, 4.69) is 0 Å². The summed E-state index contributed by atoms with van der Waals surface area (Å²) in [6.45, 7) is 2.64. The van der Waals surface area contributed by atoms with Crippen LogP contribution in [0.25, 0.3) is 0 Å². The van der Waals surface area contributed by atoms with Crippen molar-refractivity contribution in [3.8, 4) is 0 Å². The maximum atomic E-state index is 13.4. The van der Waals surface area contributed by atoms with Crippen molar-refractivity contribution in [1.29, 1.82) is 0 Å². The fourth-order valence-electron chi connectivity index (χ4n) is 4.50. The van der Waals surface area contributed by atoms with Gasteiger partial charge < -0.3 is 14.5 Å². The van der Waals surface area contributed by atoms with Crippen LogP contribution < -0.4 is 0 Å². The molecule has 6 nitrogen and oxygen atoms in total. The second-order valence-electron chi connectivity index (χ2n) is 8.67. The third kappa shape index (κ3) is 6.26. The van der Waals surface area contributed by atoms with Crippen LogP contribution in [0.4, 0.5) is 26.3 Å². The standard InChI is InChI=1S/C23H26F6N2O4/c1-2-35-21(34)15-7-11-30(12-8-15)19(32)14-5-9-31(10-6-14)20(33)17-13-16(22(24,25)26)3-4-18(17)23(27,28)29/h3-4,13-15H,2,5-12H2,1H3. The number of alkyl halides is 6. The number of carbonyl (C=O) groups excluding carboxylic acids is 3. The van der Waals surface area contributed by atoms with E-state index in [1.807, 2.05) is 0 Å². The molecule has 1 aromatic carbocycles. The zero-order chi connectivity index (χ0) is 26.0. The Hall–Kier alpha value is -2.79. The van der Waals surface area contributed by atoms with Crippen molar-refractivity contribution in [2.24, 2.45) is 11.8 Å². The van der Waals surface area contributed by atoms with E-state index in [1.165, 1.54) is 0 Å². The van der Waals surface area contributed by atoms with Gasteiger partial charge in [-0.1, -0.05) is 0 Å². The summed E-state index contributed by atoms with van der Waals surface area (Å²) < 4.78 is 84.3. The minimum atomic E-state index is -5.00. The number of carbonyl (C=O) groups is 3. The van der Waals surface area contributed by atoms with Gasteiger partial charge in [-0.3, -0.25) is 14.4 Å². The van der Waals surface area contributed by atoms with Crippen molar-refractivity contribution in [1.82, 2.24) is 9.80 Å². The van der Waals surface area contributed by atoms with E-state index in [-0.39, 0.29) is 62.5 Å². The molecule has 0 aromatic heterocycles. The molecular formula is C23H26F6N2O4. The van der Waals surface area contributed by atoms with Crippen molar-refractivity contribution in [2.75, 3.05) is 32.8 Å². The highest BCUT2D eigenvalue weighted by atomic mass is 19.4. The third-order valence-electron chi connectivity index (χ3n) is 6.44. The number of piperidine rings is 2. The first-order valence-corrected chi connectivity index (χ1v) is 11.4. The smallest absolute Gasteiger partial charge is 0.417 e. The Balaban J connectivity index is 1.63. The van der Waals surface area contributed by atoms with Crippen molar-refractivity contribution in [3.63, 3.8) is 0 Å². The summed E-state index contributed by atoms with van der Waals surface area (Å²) >= 11 is 0. The number of hydrogen-bond acceptors (Lipinski definition) is 4. The molecular weight excluding hydrogens is 482 g/mol. The van der Waals surface area contributed by atoms with Gasteiger partial charge >= 0.3 is 18.3 Å². The number of nitrogens with zero attached hydrogens (tertiary/aromatic N) is 2. The van der Waals surface area contributed by atoms with Crippen LogP contribution in [-0.2, 0) is 26.7 Å². The normalized spacial score (nSPS) is 18.5. The molecule has 2 aliphatic rings. The molecule has 2 amide bonds. The molecule has 0 radical (unpaired) electrons. The van der Waals surface area contributed by atoms with Crippen molar-refractivity contribution < 1.29 is 45.5 Å². The minimum Gasteiger partial charge on any atom is -0.466 e. The lowest BCUT2D eigenvalue weighted by Gasteiger charge is -2.37. The van der Waals surface area contributed by atoms with Gasteiger partial charge in [-0.05, 0) is 50.8 Å². The monoisotopic (exact) mass is 508 g/mol. The molecule has 1 aromatic rings. The molecule has 0 spiro atoms. The van der Waals surface area contributed by atoms with Crippen LogP contribution in [0, 0.1) is 11.8 Å². The predicted molar refractivity (Wildman–Crippen MR) is 111 cm³/mol. The molecule has 0 unspecified atom stereocenters. The van der Waals surface area contributed by atoms with E-state index in [9.17, 15) is 40.7 Å². The molecule has 0 saturated carbocycles. The molecule has 2 aliphatic heterocycles. The van der Waals surface area contributed by atoms with Crippen LogP contribution in [0.2, 0.25) is 0 Å². The largest absolute Gasteiger partial charge is 0.466 e. The van der Waals surface area contributed by atoms with E-state index in [0.29, 0.717) is 32.0 Å². The molecule has 194 valence electrons. The van der Waals surface area contributed by atoms with Crippen LogP contribution in [0.15, 0.2) is 18.2 Å². The number of halogens is 6. The average molecular weight is 508 g/mol. The van der Waals surface area contributed by atoms with Crippen molar-refractivity contribution >= 4 is 17.8 Å². The zero-order valence-corrected chi connectivity index (χ0v) is 19.0. The first kappa shape index (κ1) is 26.8. The van der Waals surface area contributed by atoms with Gasteiger partial charge in [0.1, 0.15) is 0 Å². The van der Waals surface area contributed by atoms with Gasteiger partial charge in [0.05, 0.1) is 29.2 Å². The molecule has 0 atom stereocenters. The Labute approximate surface area is 198 Å². The Kier molecular flexibility index (Phi) is 8.00. The number of esters is 1. The maximum absolute atomic E-state index is 13.4. The van der Waals surface area contributed by atoms with Crippen LogP contribution in [0.1, 0.15) is 54.1 Å². The Morgan fingerprint density at radius 3 is 1.91 bits per heavy atom. The van der Waals surface area contributed by atoms with E-state index >= 15 is 0 Å². The summed E-state index contributed by atoms with van der Waals surface area (Å²) in [7, 11) is 0. The summed E-state index contributed by atoms with van der Waals surface area (Å²) in [6.07, 6.45) is -8.60. The van der Waals surface area contributed by atoms with Gasteiger partial charge in [0.25, 0.3) is 5.91 Å². The summed E-state index contributed by atoms with van der Waals surface area (Å²) in [4.78, 5) is 40.2. The fourth-order valence-corrected chi connectivity index (χ4v) is 4.50. The Bertz CT molecular complexity index is 946. The van der Waals surface area contributed by atoms with E-state index in [1.54, 1.807) is 11.8 Å². The average Bonchev–Trinajstić information content (AvgIpc) is 2.82. The predicted octanol–water partition coefficient (Wildman–Crippen LogP) is 4.38. The number of amides is 2. The molecule has 2 fully saturated rings. The second kappa shape index (κ2) is 10.4. The molecule has 0 N–H and O–H groups in total. The molecule has 0 aliphatic carbocycles. The maximum Gasteiger partial charge on any atom is 0.417 e. The molecule has 12 heteroatoms. The Morgan fingerprint density at radius 2 is 1.40 bits per heavy atom. The van der Waals surface area contributed by atoms with Crippen molar-refractivity contribution in [3.05, 3.63) is 34.9 Å². The van der Waals surface area contributed by atoms with Gasteiger partial charge in [0, 0.05) is 32.1 Å². The lowest BCUT2D eigenvalue weighted by atomic mass is 9.91. The van der Waals surface area contributed by atoms with Gasteiger partial charge in [-0.15, -0.1) is 0 Å². The molecule has 0 bridgehead atoms. The van der Waals surface area contributed by atoms with E-state index in [0.717, 1.165) is 4.90 Å². The van der Waals surface area contributed by atoms with E-state index in [4.69, 9.17) is 4.74 Å². The summed E-state index contributed by atoms with van der Waals surface area (Å²) in [5.41, 5.74) is -3.83. The quantitative estimate of drug-likeness (QED) is 0.448. The highest BCUT2D eigenvalue weighted by Crippen LogP contribution is 2.37. The van der Waals surface area contributed by atoms with Crippen LogP contribution in [-0.4, -0.2) is 60.4 Å². The highest BCUT2D eigenvalue weighted by molar-refractivity contribution is 5.96. The van der Waals surface area contributed by atoms with Crippen LogP contribution in [0.3, 0.4) is 0 Å². The first-order valence-electron chi connectivity index (χ1n) is 11.4. The van der Waals surface area contributed by atoms with Gasteiger partial charge in [-0.25, -0.2) is 0 Å². The van der Waals surface area contributed by atoms with Crippen molar-refractivity contribution in [2.45, 2.75) is 45.0 Å². The molecule has 3 rings (SSSR count). The number of likely N-dealkylation sites (tertiary alicyclic amines) is 2. The number of rotatable bonds is 4. The number of ether oxygens (including phenoxy) is 1. The number of hydrogen-bond donors (Lipinski definition) is 0. The van der Waals surface area contributed by atoms with Gasteiger partial charge in [0.2, 0.25) is 5.91 Å². The lowest BCUT2D eigenvalue weighted by molar-refractivity contribution is -0.152. The zero-order valence-electron chi connectivity index (χ0n) is 19.0.